The highest BCUT2D eigenvalue weighted by Crippen LogP contribution is 2.28. The highest BCUT2D eigenvalue weighted by Gasteiger charge is 2.03. The SMILES string of the molecule is CCOCCOc1ccc(-c2ccc3cc(OCCOCC)ccc3c2)cc1. The number of hydrogen-bond acceptors (Lipinski definition) is 4. The monoisotopic (exact) mass is 380 g/mol. The van der Waals surface area contributed by atoms with Gasteiger partial charge in [-0.1, -0.05) is 30.3 Å². The minimum atomic E-state index is 0.566. The topological polar surface area (TPSA) is 36.9 Å². The third-order valence-electron chi connectivity index (χ3n) is 4.40. The van der Waals surface area contributed by atoms with Crippen LogP contribution in [0, 0.1) is 0 Å². The van der Waals surface area contributed by atoms with Gasteiger partial charge >= 0.3 is 0 Å². The molecule has 0 fully saturated rings. The summed E-state index contributed by atoms with van der Waals surface area (Å²) >= 11 is 0. The molecule has 0 saturated heterocycles. The summed E-state index contributed by atoms with van der Waals surface area (Å²) < 4.78 is 22.0. The van der Waals surface area contributed by atoms with Gasteiger partial charge in [0.05, 0.1) is 13.2 Å². The Balaban J connectivity index is 1.65. The van der Waals surface area contributed by atoms with Crippen molar-refractivity contribution >= 4 is 10.8 Å². The molecule has 0 aliphatic carbocycles. The quantitative estimate of drug-likeness (QED) is 0.421. The van der Waals surface area contributed by atoms with Gasteiger partial charge in [0.2, 0.25) is 0 Å². The summed E-state index contributed by atoms with van der Waals surface area (Å²) in [5, 5.41) is 2.35. The molecule has 4 nitrogen and oxygen atoms in total. The fourth-order valence-corrected chi connectivity index (χ4v) is 2.96. The summed E-state index contributed by atoms with van der Waals surface area (Å²) in [6.07, 6.45) is 0. The van der Waals surface area contributed by atoms with E-state index in [1.807, 2.05) is 32.0 Å². The van der Waals surface area contributed by atoms with Crippen molar-refractivity contribution in [2.24, 2.45) is 0 Å². The van der Waals surface area contributed by atoms with Crippen molar-refractivity contribution in [1.29, 1.82) is 0 Å². The third-order valence-corrected chi connectivity index (χ3v) is 4.40. The fourth-order valence-electron chi connectivity index (χ4n) is 2.96. The largest absolute Gasteiger partial charge is 0.491 e. The number of benzene rings is 3. The van der Waals surface area contributed by atoms with E-state index in [-0.39, 0.29) is 0 Å². The van der Waals surface area contributed by atoms with Crippen LogP contribution in [0.2, 0.25) is 0 Å². The molecule has 0 aliphatic heterocycles. The van der Waals surface area contributed by atoms with Crippen molar-refractivity contribution in [1.82, 2.24) is 0 Å². The maximum atomic E-state index is 5.74. The average Bonchev–Trinajstić information content (AvgIpc) is 2.74. The molecule has 0 unspecified atom stereocenters. The lowest BCUT2D eigenvalue weighted by Crippen LogP contribution is -2.06. The van der Waals surface area contributed by atoms with Crippen LogP contribution in [0.25, 0.3) is 21.9 Å². The summed E-state index contributed by atoms with van der Waals surface area (Å²) in [7, 11) is 0. The summed E-state index contributed by atoms with van der Waals surface area (Å²) in [6, 6.07) is 20.8. The summed E-state index contributed by atoms with van der Waals surface area (Å²) in [6.45, 7) is 7.74. The molecule has 0 bridgehead atoms. The van der Waals surface area contributed by atoms with Gasteiger partial charge in [0, 0.05) is 13.2 Å². The Hall–Kier alpha value is -2.56. The Morgan fingerprint density at radius 1 is 0.536 bits per heavy atom. The molecule has 28 heavy (non-hydrogen) atoms. The van der Waals surface area contributed by atoms with Gasteiger partial charge in [-0.3, -0.25) is 0 Å². The highest BCUT2D eigenvalue weighted by molar-refractivity contribution is 5.88. The van der Waals surface area contributed by atoms with Gasteiger partial charge in [-0.15, -0.1) is 0 Å². The number of ether oxygens (including phenoxy) is 4. The Kier molecular flexibility index (Phi) is 7.71. The van der Waals surface area contributed by atoms with E-state index in [2.05, 4.69) is 42.5 Å². The third kappa shape index (κ3) is 5.72. The minimum absolute atomic E-state index is 0.566. The van der Waals surface area contributed by atoms with Crippen molar-refractivity contribution in [3.8, 4) is 22.6 Å². The fraction of sp³-hybridized carbons (Fsp3) is 0.333. The number of rotatable bonds is 11. The summed E-state index contributed by atoms with van der Waals surface area (Å²) in [5.74, 6) is 1.73. The molecular weight excluding hydrogens is 352 g/mol. The standard InChI is InChI=1S/C24H28O4/c1-3-25-13-15-27-23-10-7-19(8-11-23)20-5-6-22-18-24(12-9-21(22)17-20)28-16-14-26-4-2/h5-12,17-18H,3-4,13-16H2,1-2H3. The molecular formula is C24H28O4. The Morgan fingerprint density at radius 3 is 1.75 bits per heavy atom. The van der Waals surface area contributed by atoms with Crippen LogP contribution in [0.5, 0.6) is 11.5 Å². The van der Waals surface area contributed by atoms with Crippen molar-refractivity contribution in [3.63, 3.8) is 0 Å². The van der Waals surface area contributed by atoms with E-state index in [0.29, 0.717) is 39.6 Å². The zero-order chi connectivity index (χ0) is 19.6. The van der Waals surface area contributed by atoms with Crippen LogP contribution in [-0.4, -0.2) is 39.6 Å². The Bertz CT molecular complexity index is 858. The number of fused-ring (bicyclic) bond motifs is 1. The highest BCUT2D eigenvalue weighted by atomic mass is 16.5. The van der Waals surface area contributed by atoms with Crippen molar-refractivity contribution < 1.29 is 18.9 Å². The molecule has 4 heteroatoms. The average molecular weight is 380 g/mol. The molecule has 3 aromatic rings. The first-order chi connectivity index (χ1) is 13.8. The predicted molar refractivity (Wildman–Crippen MR) is 113 cm³/mol. The van der Waals surface area contributed by atoms with E-state index in [4.69, 9.17) is 18.9 Å². The molecule has 0 spiro atoms. The van der Waals surface area contributed by atoms with Crippen molar-refractivity contribution in [2.75, 3.05) is 39.6 Å². The molecule has 3 aromatic carbocycles. The van der Waals surface area contributed by atoms with Gasteiger partial charge in [0.15, 0.2) is 0 Å². The van der Waals surface area contributed by atoms with Gasteiger partial charge in [0.25, 0.3) is 0 Å². The van der Waals surface area contributed by atoms with Crippen molar-refractivity contribution in [3.05, 3.63) is 60.7 Å². The maximum absolute atomic E-state index is 5.74. The molecule has 0 aliphatic rings. The van der Waals surface area contributed by atoms with Crippen LogP contribution in [0.15, 0.2) is 60.7 Å². The first kappa shape index (κ1) is 20.2. The lowest BCUT2D eigenvalue weighted by atomic mass is 10.0. The smallest absolute Gasteiger partial charge is 0.120 e. The molecule has 0 saturated carbocycles. The molecule has 0 N–H and O–H groups in total. The number of hydrogen-bond donors (Lipinski definition) is 0. The van der Waals surface area contributed by atoms with Crippen LogP contribution in [0.1, 0.15) is 13.8 Å². The molecule has 148 valence electrons. The lowest BCUT2D eigenvalue weighted by Gasteiger charge is -2.10. The Labute approximate surface area is 167 Å². The van der Waals surface area contributed by atoms with Crippen LogP contribution in [0.3, 0.4) is 0 Å². The molecule has 0 radical (unpaired) electrons. The van der Waals surface area contributed by atoms with E-state index in [9.17, 15) is 0 Å². The van der Waals surface area contributed by atoms with Crippen LogP contribution in [0.4, 0.5) is 0 Å². The van der Waals surface area contributed by atoms with Gasteiger partial charge in [-0.05, 0) is 66.1 Å². The first-order valence-electron chi connectivity index (χ1n) is 9.85. The molecule has 3 rings (SSSR count). The zero-order valence-electron chi connectivity index (χ0n) is 16.6. The maximum Gasteiger partial charge on any atom is 0.120 e. The summed E-state index contributed by atoms with van der Waals surface area (Å²) in [5.41, 5.74) is 2.34. The van der Waals surface area contributed by atoms with Gasteiger partial charge in [0.1, 0.15) is 24.7 Å². The van der Waals surface area contributed by atoms with E-state index in [1.165, 1.54) is 10.9 Å². The van der Waals surface area contributed by atoms with Crippen molar-refractivity contribution in [2.45, 2.75) is 13.8 Å². The molecule has 0 atom stereocenters. The van der Waals surface area contributed by atoms with Gasteiger partial charge in [-0.2, -0.15) is 0 Å². The molecule has 0 heterocycles. The molecule has 0 aromatic heterocycles. The predicted octanol–water partition coefficient (Wildman–Crippen LogP) is 5.34. The van der Waals surface area contributed by atoms with E-state index < -0.39 is 0 Å². The second-order valence-electron chi connectivity index (χ2n) is 6.34. The van der Waals surface area contributed by atoms with Gasteiger partial charge < -0.3 is 18.9 Å². The Morgan fingerprint density at radius 2 is 1.07 bits per heavy atom. The normalized spacial score (nSPS) is 10.9. The van der Waals surface area contributed by atoms with Crippen LogP contribution < -0.4 is 9.47 Å². The van der Waals surface area contributed by atoms with Crippen LogP contribution >= 0.6 is 0 Å². The van der Waals surface area contributed by atoms with E-state index >= 15 is 0 Å². The molecule has 0 amide bonds. The zero-order valence-corrected chi connectivity index (χ0v) is 16.6. The van der Waals surface area contributed by atoms with E-state index in [0.717, 1.165) is 22.4 Å². The minimum Gasteiger partial charge on any atom is -0.491 e. The lowest BCUT2D eigenvalue weighted by molar-refractivity contribution is 0.110. The second-order valence-corrected chi connectivity index (χ2v) is 6.34. The first-order valence-corrected chi connectivity index (χ1v) is 9.85. The van der Waals surface area contributed by atoms with E-state index in [1.54, 1.807) is 0 Å². The van der Waals surface area contributed by atoms with Gasteiger partial charge in [-0.25, -0.2) is 0 Å². The summed E-state index contributed by atoms with van der Waals surface area (Å²) in [4.78, 5) is 0. The van der Waals surface area contributed by atoms with Crippen LogP contribution in [-0.2, 0) is 9.47 Å². The second kappa shape index (κ2) is 10.7.